The van der Waals surface area contributed by atoms with Crippen LogP contribution in [-0.2, 0) is 24.2 Å². The van der Waals surface area contributed by atoms with E-state index in [2.05, 4.69) is 21.6 Å². The van der Waals surface area contributed by atoms with E-state index in [4.69, 9.17) is 4.42 Å². The number of hydrogen-bond donors (Lipinski definition) is 1. The highest BCUT2D eigenvalue weighted by molar-refractivity contribution is 8.00. The van der Waals surface area contributed by atoms with Crippen molar-refractivity contribution in [2.24, 2.45) is 0 Å². The second-order valence-corrected chi connectivity index (χ2v) is 9.98. The van der Waals surface area contributed by atoms with Crippen LogP contribution < -0.4 is 5.32 Å². The molecule has 0 aromatic carbocycles. The van der Waals surface area contributed by atoms with Gasteiger partial charge in [-0.3, -0.25) is 4.79 Å². The lowest BCUT2D eigenvalue weighted by molar-refractivity contribution is -0.115. The maximum Gasteiger partial charge on any atom is 0.238 e. The molecule has 9 heteroatoms. The van der Waals surface area contributed by atoms with Crippen molar-refractivity contribution in [3.8, 4) is 17.5 Å². The van der Waals surface area contributed by atoms with Crippen molar-refractivity contribution in [3.63, 3.8) is 0 Å². The van der Waals surface area contributed by atoms with Gasteiger partial charge in [-0.2, -0.15) is 5.26 Å². The summed E-state index contributed by atoms with van der Waals surface area (Å²) in [5.74, 6) is 1.38. The van der Waals surface area contributed by atoms with Gasteiger partial charge in [-0.1, -0.05) is 18.2 Å². The molecule has 3 heterocycles. The number of rotatable bonds is 6. The molecule has 1 amide bonds. The van der Waals surface area contributed by atoms with E-state index >= 15 is 0 Å². The molecule has 1 atom stereocenters. The zero-order valence-corrected chi connectivity index (χ0v) is 19.5. The van der Waals surface area contributed by atoms with E-state index in [0.717, 1.165) is 48.4 Å². The van der Waals surface area contributed by atoms with Gasteiger partial charge in [0.1, 0.15) is 16.8 Å². The molecule has 1 aliphatic carbocycles. The topological polar surface area (TPSA) is 96.7 Å². The van der Waals surface area contributed by atoms with Crippen LogP contribution in [-0.4, -0.2) is 25.9 Å². The van der Waals surface area contributed by atoms with Crippen molar-refractivity contribution < 1.29 is 9.21 Å². The van der Waals surface area contributed by atoms with Gasteiger partial charge < -0.3 is 14.3 Å². The molecule has 3 aromatic rings. The third kappa shape index (κ3) is 4.27. The average Bonchev–Trinajstić information content (AvgIpc) is 3.39. The van der Waals surface area contributed by atoms with Gasteiger partial charge in [-0.25, -0.2) is 0 Å². The van der Waals surface area contributed by atoms with E-state index in [1.54, 1.807) is 17.6 Å². The summed E-state index contributed by atoms with van der Waals surface area (Å²) in [6, 6.07) is 4.20. The van der Waals surface area contributed by atoms with Crippen LogP contribution in [0.4, 0.5) is 5.00 Å². The predicted molar refractivity (Wildman–Crippen MR) is 122 cm³/mol. The maximum atomic E-state index is 12.9. The van der Waals surface area contributed by atoms with Crippen LogP contribution >= 0.6 is 23.1 Å². The number of carbonyl (C=O) groups excluding carboxylic acids is 1. The molecule has 0 fully saturated rings. The van der Waals surface area contributed by atoms with E-state index in [1.165, 1.54) is 23.1 Å². The fourth-order valence-corrected chi connectivity index (χ4v) is 6.01. The minimum atomic E-state index is -0.388. The number of amides is 1. The molecule has 0 aliphatic heterocycles. The first-order valence-electron chi connectivity index (χ1n) is 10.5. The molecule has 0 saturated carbocycles. The Bertz CT molecular complexity index is 1140. The van der Waals surface area contributed by atoms with Gasteiger partial charge >= 0.3 is 0 Å². The van der Waals surface area contributed by atoms with Crippen LogP contribution in [0.5, 0.6) is 0 Å². The summed E-state index contributed by atoms with van der Waals surface area (Å²) in [4.78, 5) is 14.2. The van der Waals surface area contributed by atoms with Gasteiger partial charge in [-0.15, -0.1) is 21.5 Å². The predicted octanol–water partition coefficient (Wildman–Crippen LogP) is 5.19. The maximum absolute atomic E-state index is 12.9. The van der Waals surface area contributed by atoms with Crippen LogP contribution in [0.25, 0.3) is 11.4 Å². The normalized spacial score (nSPS) is 14.5. The third-order valence-electron chi connectivity index (χ3n) is 5.55. The number of furan rings is 1. The minimum absolute atomic E-state index is 0.135. The number of nitriles is 1. The zero-order valence-electron chi connectivity index (χ0n) is 17.9. The van der Waals surface area contributed by atoms with Gasteiger partial charge in [0.2, 0.25) is 5.91 Å². The number of thioether (sulfide) groups is 1. The molecule has 0 radical (unpaired) electrons. The first-order chi connectivity index (χ1) is 15.0. The number of aryl methyl sites for hydroxylation is 2. The number of hydrogen-bond acceptors (Lipinski definition) is 7. The van der Waals surface area contributed by atoms with E-state index in [1.807, 2.05) is 31.4 Å². The fourth-order valence-electron chi connectivity index (χ4n) is 3.85. The Balaban J connectivity index is 1.51. The van der Waals surface area contributed by atoms with Gasteiger partial charge in [-0.05, 0) is 58.1 Å². The first-order valence-corrected chi connectivity index (χ1v) is 12.2. The molecule has 1 N–H and O–H groups in total. The van der Waals surface area contributed by atoms with Gasteiger partial charge in [0.05, 0.1) is 22.6 Å². The summed E-state index contributed by atoms with van der Waals surface area (Å²) in [5.41, 5.74) is 2.67. The van der Waals surface area contributed by atoms with Gasteiger partial charge in [0, 0.05) is 11.4 Å². The smallest absolute Gasteiger partial charge is 0.238 e. The lowest BCUT2D eigenvalue weighted by atomic mass is 10.1. The summed E-state index contributed by atoms with van der Waals surface area (Å²) in [7, 11) is 0. The Labute approximate surface area is 189 Å². The van der Waals surface area contributed by atoms with Crippen molar-refractivity contribution in [2.75, 3.05) is 5.32 Å². The largest absolute Gasteiger partial charge is 0.469 e. The second kappa shape index (κ2) is 9.28. The molecule has 1 aliphatic rings. The molecule has 3 aromatic heterocycles. The van der Waals surface area contributed by atoms with E-state index in [9.17, 15) is 10.1 Å². The molecule has 0 saturated heterocycles. The van der Waals surface area contributed by atoms with E-state index in [-0.39, 0.29) is 11.2 Å². The van der Waals surface area contributed by atoms with Crippen molar-refractivity contribution in [3.05, 3.63) is 34.1 Å². The summed E-state index contributed by atoms with van der Waals surface area (Å²) in [6.07, 6.45) is 6.99. The molecule has 0 spiro atoms. The Morgan fingerprint density at radius 1 is 1.39 bits per heavy atom. The molecule has 162 valence electrons. The number of thiophene rings is 1. The number of nitrogens with zero attached hydrogens (tertiary/aromatic N) is 4. The second-order valence-electron chi connectivity index (χ2n) is 7.57. The number of nitrogens with one attached hydrogen (secondary N) is 1. The summed E-state index contributed by atoms with van der Waals surface area (Å²) < 4.78 is 7.39. The minimum Gasteiger partial charge on any atom is -0.469 e. The quantitative estimate of drug-likeness (QED) is 0.406. The van der Waals surface area contributed by atoms with Crippen LogP contribution in [0.2, 0.25) is 0 Å². The van der Waals surface area contributed by atoms with Crippen molar-refractivity contribution in [1.82, 2.24) is 14.8 Å². The Morgan fingerprint density at radius 2 is 2.19 bits per heavy atom. The van der Waals surface area contributed by atoms with Crippen LogP contribution in [0.1, 0.15) is 54.9 Å². The Hall–Kier alpha value is -2.57. The molecule has 0 unspecified atom stereocenters. The van der Waals surface area contributed by atoms with Gasteiger partial charge in [0.15, 0.2) is 11.0 Å². The highest BCUT2D eigenvalue weighted by Gasteiger charge is 2.25. The number of aromatic nitrogens is 3. The molecular weight excluding hydrogens is 430 g/mol. The van der Waals surface area contributed by atoms with Crippen LogP contribution in [0.3, 0.4) is 0 Å². The first kappa shape index (κ1) is 21.7. The summed E-state index contributed by atoms with van der Waals surface area (Å²) >= 11 is 2.92. The van der Waals surface area contributed by atoms with Crippen molar-refractivity contribution >= 4 is 34.0 Å². The zero-order chi connectivity index (χ0) is 22.0. The highest BCUT2D eigenvalue weighted by atomic mass is 32.2. The summed E-state index contributed by atoms with van der Waals surface area (Å²) in [6.45, 7) is 6.44. The van der Waals surface area contributed by atoms with Gasteiger partial charge in [0.25, 0.3) is 0 Å². The Kier molecular flexibility index (Phi) is 6.49. The average molecular weight is 456 g/mol. The Morgan fingerprint density at radius 3 is 2.90 bits per heavy atom. The molecule has 4 rings (SSSR count). The highest BCUT2D eigenvalue weighted by Crippen LogP contribution is 2.37. The molecular formula is C22H25N5O2S2. The van der Waals surface area contributed by atoms with E-state index in [0.29, 0.717) is 22.3 Å². The lowest BCUT2D eigenvalue weighted by Gasteiger charge is -2.12. The van der Waals surface area contributed by atoms with Crippen molar-refractivity contribution in [1.29, 1.82) is 5.26 Å². The molecule has 0 bridgehead atoms. The molecule has 7 nitrogen and oxygen atoms in total. The standard InChI is InChI=1S/C22H25N5O2S2/c1-4-27-19(15-10-11-29-13(15)2)25-26-22(27)30-14(3)20(28)24-21-17(12-23)16-8-6-5-7-9-18(16)31-21/h10-11,14H,4-9H2,1-3H3,(H,24,28)/t14-/m1/s1. The van der Waals surface area contributed by atoms with Crippen molar-refractivity contribution in [2.45, 2.75) is 69.8 Å². The number of carbonyl (C=O) groups is 1. The van der Waals surface area contributed by atoms with Crippen LogP contribution in [0.15, 0.2) is 21.9 Å². The monoisotopic (exact) mass is 455 g/mol. The van der Waals surface area contributed by atoms with Crippen LogP contribution in [0, 0.1) is 18.3 Å². The SMILES string of the molecule is CCn1c(S[C@H](C)C(=O)Nc2sc3c(c2C#N)CCCCC3)nnc1-c1ccoc1C. The third-order valence-corrected chi connectivity index (χ3v) is 7.84. The number of fused-ring (bicyclic) bond motifs is 1. The number of anilines is 1. The lowest BCUT2D eigenvalue weighted by Crippen LogP contribution is -2.23. The summed E-state index contributed by atoms with van der Waals surface area (Å²) in [5, 5.41) is 22.3. The van der Waals surface area contributed by atoms with E-state index < -0.39 is 0 Å². The molecule has 31 heavy (non-hydrogen) atoms. The fraction of sp³-hybridized carbons (Fsp3) is 0.455.